The summed E-state index contributed by atoms with van der Waals surface area (Å²) in [6.07, 6.45) is 1.28. The van der Waals surface area contributed by atoms with Crippen LogP contribution in [0.4, 0.5) is 5.69 Å². The SMILES string of the molecule is COC(=O)CCCC(CO)=NNC1=Nc2ccc(Cl)cc2C(c2ccccc2)=NC1. The highest BCUT2D eigenvalue weighted by Crippen LogP contribution is 2.28. The number of carbonyl (C=O) groups excluding carboxylic acids is 1. The number of ether oxygens (including phenoxy) is 1. The van der Waals surface area contributed by atoms with Crippen molar-refractivity contribution in [3.8, 4) is 0 Å². The molecule has 0 aliphatic carbocycles. The second-order valence-electron chi connectivity index (χ2n) is 6.63. The second kappa shape index (κ2) is 10.7. The van der Waals surface area contributed by atoms with E-state index >= 15 is 0 Å². The Kier molecular flexibility index (Phi) is 7.70. The predicted molar refractivity (Wildman–Crippen MR) is 119 cm³/mol. The molecule has 0 spiro atoms. The van der Waals surface area contributed by atoms with Crippen molar-refractivity contribution in [3.63, 3.8) is 0 Å². The predicted octanol–water partition coefficient (Wildman–Crippen LogP) is 3.50. The largest absolute Gasteiger partial charge is 0.469 e. The highest BCUT2D eigenvalue weighted by Gasteiger charge is 2.16. The number of carbonyl (C=O) groups is 1. The van der Waals surface area contributed by atoms with Gasteiger partial charge in [0.25, 0.3) is 0 Å². The first-order valence-electron chi connectivity index (χ1n) is 9.57. The number of fused-ring (bicyclic) bond motifs is 1. The molecule has 0 bridgehead atoms. The zero-order valence-electron chi connectivity index (χ0n) is 16.6. The van der Waals surface area contributed by atoms with Crippen LogP contribution in [-0.4, -0.2) is 48.6 Å². The van der Waals surface area contributed by atoms with Gasteiger partial charge in [0.2, 0.25) is 0 Å². The van der Waals surface area contributed by atoms with Gasteiger partial charge in [-0.2, -0.15) is 5.10 Å². The van der Waals surface area contributed by atoms with Crippen LogP contribution in [0.5, 0.6) is 0 Å². The highest BCUT2D eigenvalue weighted by molar-refractivity contribution is 6.31. The number of amidine groups is 1. The highest BCUT2D eigenvalue weighted by atomic mass is 35.5. The number of hydrogen-bond acceptors (Lipinski definition) is 7. The van der Waals surface area contributed by atoms with Crippen molar-refractivity contribution in [2.45, 2.75) is 19.3 Å². The molecule has 7 nitrogen and oxygen atoms in total. The third-order valence-electron chi connectivity index (χ3n) is 4.50. The van der Waals surface area contributed by atoms with Gasteiger partial charge >= 0.3 is 5.97 Å². The van der Waals surface area contributed by atoms with E-state index in [4.69, 9.17) is 16.6 Å². The lowest BCUT2D eigenvalue weighted by Gasteiger charge is -2.08. The van der Waals surface area contributed by atoms with Gasteiger partial charge in [0.1, 0.15) is 5.84 Å². The van der Waals surface area contributed by atoms with Gasteiger partial charge in [0.15, 0.2) is 0 Å². The van der Waals surface area contributed by atoms with E-state index in [1.54, 1.807) is 6.07 Å². The average molecular weight is 427 g/mol. The molecule has 0 radical (unpaired) electrons. The Morgan fingerprint density at radius 3 is 2.77 bits per heavy atom. The molecule has 2 aromatic carbocycles. The Labute approximate surface area is 180 Å². The average Bonchev–Trinajstić information content (AvgIpc) is 2.95. The van der Waals surface area contributed by atoms with Crippen molar-refractivity contribution in [2.24, 2.45) is 15.1 Å². The summed E-state index contributed by atoms with van der Waals surface area (Å²) < 4.78 is 4.62. The molecule has 0 aromatic heterocycles. The van der Waals surface area contributed by atoms with E-state index in [0.29, 0.717) is 36.0 Å². The Morgan fingerprint density at radius 2 is 2.03 bits per heavy atom. The molecule has 0 amide bonds. The van der Waals surface area contributed by atoms with Gasteiger partial charge in [-0.05, 0) is 31.0 Å². The maximum atomic E-state index is 11.2. The number of aliphatic hydroxyl groups is 1. The van der Waals surface area contributed by atoms with E-state index < -0.39 is 0 Å². The quantitative estimate of drug-likeness (QED) is 0.402. The number of methoxy groups -OCH3 is 1. The van der Waals surface area contributed by atoms with Crippen LogP contribution < -0.4 is 5.43 Å². The molecule has 30 heavy (non-hydrogen) atoms. The fraction of sp³-hybridized carbons (Fsp3) is 0.273. The van der Waals surface area contributed by atoms with Gasteiger partial charge in [-0.25, -0.2) is 4.99 Å². The van der Waals surface area contributed by atoms with Crippen LogP contribution in [0.15, 0.2) is 63.6 Å². The summed E-state index contributed by atoms with van der Waals surface area (Å²) in [6.45, 7) is 0.0765. The Morgan fingerprint density at radius 1 is 1.23 bits per heavy atom. The van der Waals surface area contributed by atoms with E-state index in [1.807, 2.05) is 42.5 Å². The number of aliphatic hydroxyl groups excluding tert-OH is 1. The van der Waals surface area contributed by atoms with E-state index in [-0.39, 0.29) is 19.0 Å². The number of nitrogens with one attached hydrogen (secondary N) is 1. The fourth-order valence-corrected chi connectivity index (χ4v) is 3.14. The molecule has 0 saturated carbocycles. The molecule has 0 fully saturated rings. The molecule has 2 N–H and O–H groups in total. The van der Waals surface area contributed by atoms with Crippen molar-refractivity contribution >= 4 is 40.5 Å². The van der Waals surface area contributed by atoms with Gasteiger partial charge in [0, 0.05) is 22.6 Å². The molecule has 0 unspecified atom stereocenters. The molecule has 2 aromatic rings. The first-order chi connectivity index (χ1) is 14.6. The monoisotopic (exact) mass is 426 g/mol. The number of benzene rings is 2. The maximum Gasteiger partial charge on any atom is 0.305 e. The Hall–Kier alpha value is -3.03. The number of rotatable bonds is 7. The normalized spacial score (nSPS) is 13.6. The van der Waals surface area contributed by atoms with Crippen LogP contribution >= 0.6 is 11.6 Å². The zero-order valence-corrected chi connectivity index (χ0v) is 17.4. The molecular formula is C22H23ClN4O3. The minimum Gasteiger partial charge on any atom is -0.469 e. The van der Waals surface area contributed by atoms with E-state index in [9.17, 15) is 9.90 Å². The van der Waals surface area contributed by atoms with Gasteiger partial charge in [-0.3, -0.25) is 15.2 Å². The fourth-order valence-electron chi connectivity index (χ4n) is 2.97. The molecule has 3 rings (SSSR count). The number of hydrogen-bond donors (Lipinski definition) is 2. The lowest BCUT2D eigenvalue weighted by Crippen LogP contribution is -2.23. The number of aliphatic imine (C=N–C) groups is 2. The van der Waals surface area contributed by atoms with Crippen molar-refractivity contribution in [1.82, 2.24) is 5.43 Å². The number of esters is 1. The second-order valence-corrected chi connectivity index (χ2v) is 7.06. The zero-order chi connectivity index (χ0) is 21.3. The van der Waals surface area contributed by atoms with Crippen LogP contribution in [0.2, 0.25) is 5.02 Å². The van der Waals surface area contributed by atoms with Crippen LogP contribution in [0.25, 0.3) is 0 Å². The first kappa shape index (κ1) is 21.7. The summed E-state index contributed by atoms with van der Waals surface area (Å²) in [5, 5.41) is 14.4. The van der Waals surface area contributed by atoms with E-state index in [2.05, 4.69) is 20.3 Å². The van der Waals surface area contributed by atoms with E-state index in [1.165, 1.54) is 7.11 Å². The Balaban J connectivity index is 1.81. The summed E-state index contributed by atoms with van der Waals surface area (Å²) in [5.41, 5.74) is 6.79. The third-order valence-corrected chi connectivity index (χ3v) is 4.74. The Bertz CT molecular complexity index is 987. The smallest absolute Gasteiger partial charge is 0.305 e. The van der Waals surface area contributed by atoms with E-state index in [0.717, 1.165) is 22.5 Å². The maximum absolute atomic E-state index is 11.2. The molecule has 0 atom stereocenters. The third kappa shape index (κ3) is 5.75. The lowest BCUT2D eigenvalue weighted by atomic mass is 10.0. The minimum atomic E-state index is -0.286. The molecule has 1 heterocycles. The van der Waals surface area contributed by atoms with Crippen molar-refractivity contribution in [2.75, 3.05) is 20.3 Å². The molecule has 8 heteroatoms. The topological polar surface area (TPSA) is 95.6 Å². The van der Waals surface area contributed by atoms with Crippen molar-refractivity contribution in [1.29, 1.82) is 0 Å². The summed E-state index contributed by atoms with van der Waals surface area (Å²) in [5.74, 6) is 0.259. The lowest BCUT2D eigenvalue weighted by molar-refractivity contribution is -0.140. The molecule has 1 aliphatic heterocycles. The number of nitrogens with zero attached hydrogens (tertiary/aromatic N) is 3. The van der Waals surface area contributed by atoms with Gasteiger partial charge in [-0.1, -0.05) is 41.9 Å². The number of halogens is 1. The number of hydrazone groups is 1. The molecule has 0 saturated heterocycles. The minimum absolute atomic E-state index is 0.216. The van der Waals surface area contributed by atoms with Crippen LogP contribution in [-0.2, 0) is 9.53 Å². The van der Waals surface area contributed by atoms with Gasteiger partial charge < -0.3 is 9.84 Å². The standard InChI is InChI=1S/C22H23ClN4O3/c1-30-21(29)9-5-8-17(14-28)26-27-20-13-24-22(15-6-3-2-4-7-15)18-12-16(23)10-11-19(18)25-20/h2-4,6-7,10-12,28H,5,8-9,13-14H2,1H3,(H,25,27). The summed E-state index contributed by atoms with van der Waals surface area (Å²) in [6, 6.07) is 15.3. The molecule has 1 aliphatic rings. The van der Waals surface area contributed by atoms with Crippen molar-refractivity contribution < 1.29 is 14.6 Å². The van der Waals surface area contributed by atoms with Crippen LogP contribution in [0.1, 0.15) is 30.4 Å². The summed E-state index contributed by atoms with van der Waals surface area (Å²) in [7, 11) is 1.35. The van der Waals surface area contributed by atoms with Gasteiger partial charge in [-0.15, -0.1) is 0 Å². The van der Waals surface area contributed by atoms with Crippen LogP contribution in [0.3, 0.4) is 0 Å². The summed E-state index contributed by atoms with van der Waals surface area (Å²) >= 11 is 6.22. The molecular weight excluding hydrogens is 404 g/mol. The summed E-state index contributed by atoms with van der Waals surface area (Å²) in [4.78, 5) is 20.6. The van der Waals surface area contributed by atoms with Crippen LogP contribution in [0, 0.1) is 0 Å². The van der Waals surface area contributed by atoms with Crippen molar-refractivity contribution in [3.05, 3.63) is 64.7 Å². The first-order valence-corrected chi connectivity index (χ1v) is 9.95. The molecule has 156 valence electrons. The van der Waals surface area contributed by atoms with Gasteiger partial charge in [0.05, 0.1) is 37.4 Å².